The summed E-state index contributed by atoms with van der Waals surface area (Å²) in [4.78, 5) is 14.3. The van der Waals surface area contributed by atoms with Crippen LogP contribution in [0.3, 0.4) is 0 Å². The van der Waals surface area contributed by atoms with Crippen LogP contribution in [-0.4, -0.2) is 37.7 Å². The van der Waals surface area contributed by atoms with Gasteiger partial charge in [0.25, 0.3) is 0 Å². The third-order valence-corrected chi connectivity index (χ3v) is 3.94. The van der Waals surface area contributed by atoms with Crippen molar-refractivity contribution in [3.8, 4) is 5.75 Å². The zero-order valence-electron chi connectivity index (χ0n) is 13.8. The predicted molar refractivity (Wildman–Crippen MR) is 84.5 cm³/mol. The van der Waals surface area contributed by atoms with Gasteiger partial charge in [0.15, 0.2) is 0 Å². The summed E-state index contributed by atoms with van der Waals surface area (Å²) in [6.45, 7) is 10.2. The van der Waals surface area contributed by atoms with Crippen LogP contribution in [0.2, 0.25) is 0 Å². The first kappa shape index (κ1) is 17.5. The molecule has 1 atom stereocenters. The Morgan fingerprint density at radius 2 is 1.81 bits per heavy atom. The van der Waals surface area contributed by atoms with Gasteiger partial charge in [-0.25, -0.2) is 0 Å². The second-order valence-electron chi connectivity index (χ2n) is 5.13. The maximum atomic E-state index is 12.1. The Morgan fingerprint density at radius 3 is 2.33 bits per heavy atom. The molecule has 0 aliphatic heterocycles. The number of esters is 1. The predicted octanol–water partition coefficient (Wildman–Crippen LogP) is 3.21. The first-order chi connectivity index (χ1) is 10.0. The van der Waals surface area contributed by atoms with Crippen LogP contribution in [0.15, 0.2) is 24.3 Å². The van der Waals surface area contributed by atoms with Gasteiger partial charge in [-0.2, -0.15) is 0 Å². The highest BCUT2D eigenvalue weighted by molar-refractivity contribution is 5.71. The zero-order valence-corrected chi connectivity index (χ0v) is 13.8. The van der Waals surface area contributed by atoms with Crippen LogP contribution in [0.5, 0.6) is 5.75 Å². The molecule has 21 heavy (non-hydrogen) atoms. The van der Waals surface area contributed by atoms with Crippen LogP contribution in [-0.2, 0) is 15.1 Å². The molecule has 0 aliphatic rings. The van der Waals surface area contributed by atoms with Crippen LogP contribution >= 0.6 is 0 Å². The number of carbonyl (C=O) groups excluding carboxylic acids is 1. The average molecular weight is 293 g/mol. The van der Waals surface area contributed by atoms with Gasteiger partial charge in [-0.1, -0.05) is 32.0 Å². The fraction of sp³-hybridized carbons (Fsp3) is 0.588. The average Bonchev–Trinajstić information content (AvgIpc) is 2.48. The SMILES string of the molecule is CCOC(=O)CC(C)(c1ccccc1OC)N(CC)CC. The molecule has 0 N–H and O–H groups in total. The van der Waals surface area contributed by atoms with Crippen molar-refractivity contribution in [3.63, 3.8) is 0 Å². The van der Waals surface area contributed by atoms with E-state index in [4.69, 9.17) is 9.47 Å². The Kier molecular flexibility index (Phi) is 6.69. The molecule has 0 aliphatic carbocycles. The number of rotatable bonds is 8. The van der Waals surface area contributed by atoms with Gasteiger partial charge in [0.1, 0.15) is 5.75 Å². The Balaban J connectivity index is 3.26. The number of methoxy groups -OCH3 is 1. The maximum absolute atomic E-state index is 12.1. The number of nitrogens with zero attached hydrogens (tertiary/aromatic N) is 1. The standard InChI is InChI=1S/C17H27NO3/c1-6-18(7-2)17(4,13-16(19)21-8-3)14-11-9-10-12-15(14)20-5/h9-12H,6-8,13H2,1-5H3. The molecule has 0 saturated carbocycles. The van der Waals surface area contributed by atoms with E-state index in [-0.39, 0.29) is 5.97 Å². The molecule has 1 aromatic carbocycles. The lowest BCUT2D eigenvalue weighted by molar-refractivity contribution is -0.146. The van der Waals surface area contributed by atoms with Crippen molar-refractivity contribution in [2.24, 2.45) is 0 Å². The Labute approximate surface area is 128 Å². The summed E-state index contributed by atoms with van der Waals surface area (Å²) in [5.41, 5.74) is 0.576. The van der Waals surface area contributed by atoms with Gasteiger partial charge in [0.05, 0.1) is 25.7 Å². The number of hydrogen-bond donors (Lipinski definition) is 0. The van der Waals surface area contributed by atoms with Gasteiger partial charge < -0.3 is 9.47 Å². The first-order valence-electron chi connectivity index (χ1n) is 7.57. The van der Waals surface area contributed by atoms with Crippen molar-refractivity contribution in [2.75, 3.05) is 26.8 Å². The highest BCUT2D eigenvalue weighted by atomic mass is 16.5. The van der Waals surface area contributed by atoms with Crippen molar-refractivity contribution >= 4 is 5.97 Å². The minimum absolute atomic E-state index is 0.183. The normalized spacial score (nSPS) is 13.8. The summed E-state index contributed by atoms with van der Waals surface area (Å²) >= 11 is 0. The van der Waals surface area contributed by atoms with E-state index in [2.05, 4.69) is 25.7 Å². The van der Waals surface area contributed by atoms with Gasteiger partial charge in [-0.05, 0) is 33.0 Å². The Hall–Kier alpha value is -1.55. The number of para-hydroxylation sites is 1. The molecule has 0 aromatic heterocycles. The molecule has 1 aromatic rings. The molecule has 4 nitrogen and oxygen atoms in total. The summed E-state index contributed by atoms with van der Waals surface area (Å²) in [6.07, 6.45) is 0.308. The van der Waals surface area contributed by atoms with Crippen molar-refractivity contribution in [2.45, 2.75) is 39.7 Å². The van der Waals surface area contributed by atoms with Crippen molar-refractivity contribution in [1.29, 1.82) is 0 Å². The lowest BCUT2D eigenvalue weighted by Gasteiger charge is -2.40. The molecule has 1 rings (SSSR count). The van der Waals surface area contributed by atoms with E-state index in [0.717, 1.165) is 24.4 Å². The molecule has 0 heterocycles. The number of ether oxygens (including phenoxy) is 2. The smallest absolute Gasteiger partial charge is 0.308 e. The summed E-state index contributed by atoms with van der Waals surface area (Å²) in [7, 11) is 1.66. The van der Waals surface area contributed by atoms with E-state index in [1.807, 2.05) is 31.2 Å². The second kappa shape index (κ2) is 8.03. The third kappa shape index (κ3) is 3.97. The van der Waals surface area contributed by atoms with Crippen LogP contribution in [0.4, 0.5) is 0 Å². The lowest BCUT2D eigenvalue weighted by atomic mass is 9.85. The minimum atomic E-state index is -0.442. The van der Waals surface area contributed by atoms with Gasteiger partial charge >= 0.3 is 5.97 Å². The second-order valence-corrected chi connectivity index (χ2v) is 5.13. The molecule has 0 amide bonds. The zero-order chi connectivity index (χ0) is 15.9. The van der Waals surface area contributed by atoms with E-state index >= 15 is 0 Å². The largest absolute Gasteiger partial charge is 0.496 e. The molecule has 0 bridgehead atoms. The number of benzene rings is 1. The molecule has 0 spiro atoms. The van der Waals surface area contributed by atoms with Crippen molar-refractivity contribution < 1.29 is 14.3 Å². The third-order valence-electron chi connectivity index (χ3n) is 3.94. The highest BCUT2D eigenvalue weighted by Gasteiger charge is 2.37. The van der Waals surface area contributed by atoms with Gasteiger partial charge in [-0.3, -0.25) is 9.69 Å². The Morgan fingerprint density at radius 1 is 1.19 bits per heavy atom. The number of hydrogen-bond acceptors (Lipinski definition) is 4. The molecule has 4 heteroatoms. The summed E-state index contributed by atoms with van der Waals surface area (Å²) < 4.78 is 10.7. The van der Waals surface area contributed by atoms with Crippen molar-refractivity contribution in [1.82, 2.24) is 4.90 Å². The van der Waals surface area contributed by atoms with Gasteiger partial charge in [0.2, 0.25) is 0 Å². The molecular formula is C17H27NO3. The molecule has 118 valence electrons. The van der Waals surface area contributed by atoms with E-state index < -0.39 is 5.54 Å². The number of carbonyl (C=O) groups is 1. The van der Waals surface area contributed by atoms with Crippen LogP contribution in [0.25, 0.3) is 0 Å². The summed E-state index contributed by atoms with van der Waals surface area (Å²) in [5, 5.41) is 0. The lowest BCUT2D eigenvalue weighted by Crippen LogP contribution is -2.45. The molecule has 0 saturated heterocycles. The van der Waals surface area contributed by atoms with Crippen LogP contribution in [0.1, 0.15) is 39.7 Å². The molecular weight excluding hydrogens is 266 g/mol. The maximum Gasteiger partial charge on any atom is 0.308 e. The van der Waals surface area contributed by atoms with Gasteiger partial charge in [0, 0.05) is 5.56 Å². The summed E-state index contributed by atoms with van der Waals surface area (Å²) in [5.74, 6) is 0.619. The highest BCUT2D eigenvalue weighted by Crippen LogP contribution is 2.37. The molecule has 0 fully saturated rings. The molecule has 1 unspecified atom stereocenters. The topological polar surface area (TPSA) is 38.8 Å². The van der Waals surface area contributed by atoms with E-state index in [1.165, 1.54) is 0 Å². The quantitative estimate of drug-likeness (QED) is 0.690. The fourth-order valence-corrected chi connectivity index (χ4v) is 2.88. The van der Waals surface area contributed by atoms with Crippen LogP contribution in [0, 0.1) is 0 Å². The first-order valence-corrected chi connectivity index (χ1v) is 7.57. The summed E-state index contributed by atoms with van der Waals surface area (Å²) in [6, 6.07) is 7.87. The van der Waals surface area contributed by atoms with E-state index in [0.29, 0.717) is 13.0 Å². The Bertz CT molecular complexity index is 457. The van der Waals surface area contributed by atoms with Crippen LogP contribution < -0.4 is 4.74 Å². The monoisotopic (exact) mass is 293 g/mol. The van der Waals surface area contributed by atoms with Gasteiger partial charge in [-0.15, -0.1) is 0 Å². The van der Waals surface area contributed by atoms with E-state index in [9.17, 15) is 4.79 Å². The fourth-order valence-electron chi connectivity index (χ4n) is 2.88. The van der Waals surface area contributed by atoms with E-state index in [1.54, 1.807) is 7.11 Å². The minimum Gasteiger partial charge on any atom is -0.496 e. The molecule has 0 radical (unpaired) electrons. The van der Waals surface area contributed by atoms with Crippen molar-refractivity contribution in [3.05, 3.63) is 29.8 Å².